The third-order valence-electron chi connectivity index (χ3n) is 6.73. The predicted octanol–water partition coefficient (Wildman–Crippen LogP) is 5.56. The van der Waals surface area contributed by atoms with E-state index < -0.39 is 0 Å². The van der Waals surface area contributed by atoms with E-state index in [1.54, 1.807) is 11.3 Å². The highest BCUT2D eigenvalue weighted by Gasteiger charge is 2.28. The van der Waals surface area contributed by atoms with Crippen molar-refractivity contribution in [1.29, 1.82) is 5.26 Å². The van der Waals surface area contributed by atoms with Gasteiger partial charge in [-0.05, 0) is 43.0 Å². The summed E-state index contributed by atoms with van der Waals surface area (Å²) in [7, 11) is 0. The largest absolute Gasteiger partial charge is 0.424 e. The lowest BCUT2D eigenvalue weighted by Gasteiger charge is -2.34. The summed E-state index contributed by atoms with van der Waals surface area (Å²) in [6, 6.07) is 6.74. The normalized spacial score (nSPS) is 23.4. The zero-order valence-electron chi connectivity index (χ0n) is 18.5. The van der Waals surface area contributed by atoms with E-state index in [0.29, 0.717) is 24.0 Å². The standard InChI is InChI=1S/C24H34N4O2S/c1-2-3-5-18-7-9-19(10-8-18)23-27-20(16-25)24(30-23)26-17-21(22-6-4-15-31-22)28-11-13-29-14-12-28/h4,6,15,18-19,21,26H,2-3,5,7-14,17H2,1H3/t18?,19?,21-/m1/s1. The van der Waals surface area contributed by atoms with Crippen LogP contribution in [0, 0.1) is 17.2 Å². The number of morpholine rings is 1. The number of unbranched alkanes of at least 4 members (excludes halogenated alkanes) is 1. The van der Waals surface area contributed by atoms with Crippen LogP contribution in [0.15, 0.2) is 21.9 Å². The van der Waals surface area contributed by atoms with E-state index in [1.165, 1.54) is 37.0 Å². The predicted molar refractivity (Wildman–Crippen MR) is 123 cm³/mol. The molecule has 4 rings (SSSR count). The van der Waals surface area contributed by atoms with Gasteiger partial charge < -0.3 is 14.5 Å². The minimum absolute atomic E-state index is 0.234. The van der Waals surface area contributed by atoms with Gasteiger partial charge in [0.15, 0.2) is 0 Å². The summed E-state index contributed by atoms with van der Waals surface area (Å²) < 4.78 is 11.7. The van der Waals surface area contributed by atoms with E-state index in [9.17, 15) is 5.26 Å². The maximum absolute atomic E-state index is 9.63. The summed E-state index contributed by atoms with van der Waals surface area (Å²) in [6.07, 6.45) is 8.67. The van der Waals surface area contributed by atoms with Crippen molar-refractivity contribution < 1.29 is 9.15 Å². The number of rotatable bonds is 9. The van der Waals surface area contributed by atoms with Crippen LogP contribution in [0.25, 0.3) is 0 Å². The van der Waals surface area contributed by atoms with Gasteiger partial charge in [0.1, 0.15) is 6.07 Å². The number of ether oxygens (including phenoxy) is 1. The second kappa shape index (κ2) is 11.1. The van der Waals surface area contributed by atoms with Crippen molar-refractivity contribution in [3.05, 3.63) is 34.0 Å². The van der Waals surface area contributed by atoms with Gasteiger partial charge in [-0.3, -0.25) is 4.90 Å². The molecule has 1 N–H and O–H groups in total. The van der Waals surface area contributed by atoms with Gasteiger partial charge in [-0.1, -0.05) is 32.3 Å². The number of nitrogens with zero attached hydrogens (tertiary/aromatic N) is 3. The molecule has 1 aliphatic heterocycles. The molecule has 0 aromatic carbocycles. The first-order valence-electron chi connectivity index (χ1n) is 11.8. The molecule has 7 heteroatoms. The molecule has 0 unspecified atom stereocenters. The molecule has 1 atom stereocenters. The molecule has 6 nitrogen and oxygen atoms in total. The lowest BCUT2D eigenvalue weighted by Crippen LogP contribution is -2.41. The third-order valence-corrected chi connectivity index (χ3v) is 7.70. The highest BCUT2D eigenvalue weighted by molar-refractivity contribution is 7.10. The number of thiophene rings is 1. The Labute approximate surface area is 189 Å². The third kappa shape index (κ3) is 5.68. The molecule has 0 amide bonds. The van der Waals surface area contributed by atoms with Gasteiger partial charge in [0.05, 0.1) is 19.3 Å². The Balaban J connectivity index is 1.40. The zero-order valence-corrected chi connectivity index (χ0v) is 19.3. The van der Waals surface area contributed by atoms with Gasteiger partial charge >= 0.3 is 0 Å². The summed E-state index contributed by atoms with van der Waals surface area (Å²) >= 11 is 1.77. The van der Waals surface area contributed by atoms with Gasteiger partial charge in [-0.15, -0.1) is 11.3 Å². The Kier molecular flexibility index (Phi) is 8.01. The first-order valence-corrected chi connectivity index (χ1v) is 12.7. The fourth-order valence-corrected chi connectivity index (χ4v) is 5.73. The van der Waals surface area contributed by atoms with Crippen LogP contribution in [-0.2, 0) is 4.74 Å². The molecule has 1 aliphatic carbocycles. The Morgan fingerprint density at radius 2 is 2.10 bits per heavy atom. The topological polar surface area (TPSA) is 74.3 Å². The summed E-state index contributed by atoms with van der Waals surface area (Å²) in [5, 5.41) is 15.2. The van der Waals surface area contributed by atoms with Crippen molar-refractivity contribution in [2.24, 2.45) is 5.92 Å². The van der Waals surface area contributed by atoms with Crippen molar-refractivity contribution in [1.82, 2.24) is 9.88 Å². The number of nitrogens with one attached hydrogen (secondary N) is 1. The minimum atomic E-state index is 0.234. The van der Waals surface area contributed by atoms with Crippen LogP contribution in [0.4, 0.5) is 5.88 Å². The minimum Gasteiger partial charge on any atom is -0.424 e. The molecule has 168 valence electrons. The van der Waals surface area contributed by atoms with Crippen molar-refractivity contribution in [2.45, 2.75) is 63.8 Å². The molecule has 1 saturated carbocycles. The van der Waals surface area contributed by atoms with Crippen molar-refractivity contribution in [3.63, 3.8) is 0 Å². The molecule has 3 heterocycles. The van der Waals surface area contributed by atoms with Crippen molar-refractivity contribution >= 4 is 17.2 Å². The first kappa shape index (κ1) is 22.3. The first-order chi connectivity index (χ1) is 15.3. The van der Waals surface area contributed by atoms with Gasteiger partial charge in [0.25, 0.3) is 0 Å². The molecular weight excluding hydrogens is 408 g/mol. The van der Waals surface area contributed by atoms with Gasteiger partial charge in [-0.25, -0.2) is 4.98 Å². The smallest absolute Gasteiger partial charge is 0.232 e. The van der Waals surface area contributed by atoms with Crippen molar-refractivity contribution in [3.8, 4) is 6.07 Å². The molecule has 2 aliphatic rings. The number of aromatic nitrogens is 1. The number of nitriles is 1. The van der Waals surface area contributed by atoms with E-state index in [2.05, 4.69) is 45.7 Å². The van der Waals surface area contributed by atoms with E-state index >= 15 is 0 Å². The fraction of sp³-hybridized carbons (Fsp3) is 0.667. The van der Waals surface area contributed by atoms with Gasteiger partial charge in [0, 0.05) is 30.4 Å². The average molecular weight is 443 g/mol. The maximum Gasteiger partial charge on any atom is 0.232 e. The summed E-state index contributed by atoms with van der Waals surface area (Å²) in [4.78, 5) is 8.34. The molecule has 2 fully saturated rings. The van der Waals surface area contributed by atoms with Crippen LogP contribution in [-0.4, -0.2) is 42.7 Å². The van der Waals surface area contributed by atoms with Crippen LogP contribution in [0.5, 0.6) is 0 Å². The van der Waals surface area contributed by atoms with Crippen molar-refractivity contribution in [2.75, 3.05) is 38.2 Å². The maximum atomic E-state index is 9.63. The zero-order chi connectivity index (χ0) is 21.5. The molecule has 2 aromatic rings. The number of hydrogen-bond acceptors (Lipinski definition) is 7. The van der Waals surface area contributed by atoms with Crippen LogP contribution < -0.4 is 5.32 Å². The lowest BCUT2D eigenvalue weighted by atomic mass is 9.80. The SMILES string of the molecule is CCCCC1CCC(c2nc(C#N)c(NC[C@H](c3cccs3)N3CCOCC3)o2)CC1. The Morgan fingerprint density at radius 1 is 1.29 bits per heavy atom. The van der Waals surface area contributed by atoms with Crippen LogP contribution in [0.3, 0.4) is 0 Å². The quantitative estimate of drug-likeness (QED) is 0.548. The molecule has 0 radical (unpaired) electrons. The Morgan fingerprint density at radius 3 is 2.77 bits per heavy atom. The summed E-state index contributed by atoms with van der Waals surface area (Å²) in [6.45, 7) is 6.31. The van der Waals surface area contributed by atoms with E-state index in [1.807, 2.05) is 0 Å². The molecule has 2 aromatic heterocycles. The highest BCUT2D eigenvalue weighted by Crippen LogP contribution is 2.38. The monoisotopic (exact) mass is 442 g/mol. The van der Waals surface area contributed by atoms with Gasteiger partial charge in [-0.2, -0.15) is 5.26 Å². The van der Waals surface area contributed by atoms with E-state index in [4.69, 9.17) is 9.15 Å². The second-order valence-corrected chi connectivity index (χ2v) is 9.74. The highest BCUT2D eigenvalue weighted by atomic mass is 32.1. The molecule has 1 saturated heterocycles. The van der Waals surface area contributed by atoms with Gasteiger partial charge in [0.2, 0.25) is 17.5 Å². The number of oxazole rings is 1. The number of anilines is 1. The second-order valence-electron chi connectivity index (χ2n) is 8.76. The Bertz CT molecular complexity index is 830. The molecule has 0 spiro atoms. The fourth-order valence-electron chi connectivity index (χ4n) is 4.87. The van der Waals surface area contributed by atoms with Crippen LogP contribution >= 0.6 is 11.3 Å². The number of hydrogen-bond donors (Lipinski definition) is 1. The summed E-state index contributed by atoms with van der Waals surface area (Å²) in [5.74, 6) is 2.46. The average Bonchev–Trinajstić information content (AvgIpc) is 3.49. The molecular formula is C24H34N4O2S. The van der Waals surface area contributed by atoms with Crippen LogP contribution in [0.1, 0.15) is 80.3 Å². The van der Waals surface area contributed by atoms with E-state index in [-0.39, 0.29) is 6.04 Å². The molecule has 31 heavy (non-hydrogen) atoms. The molecule has 0 bridgehead atoms. The lowest BCUT2D eigenvalue weighted by molar-refractivity contribution is 0.0193. The van der Waals surface area contributed by atoms with Crippen LogP contribution in [0.2, 0.25) is 0 Å². The summed E-state index contributed by atoms with van der Waals surface area (Å²) in [5.41, 5.74) is 0.384. The van der Waals surface area contributed by atoms with E-state index in [0.717, 1.165) is 51.0 Å². The Hall–Kier alpha value is -1.88.